The monoisotopic (exact) mass is 257 g/mol. The average molecular weight is 257 g/mol. The Hall–Kier alpha value is -1.35. The number of aliphatic hydroxyl groups is 1. The highest BCUT2D eigenvalue weighted by molar-refractivity contribution is 5.85. The van der Waals surface area contributed by atoms with Crippen LogP contribution in [0.4, 0.5) is 0 Å². The van der Waals surface area contributed by atoms with Crippen molar-refractivity contribution in [3.63, 3.8) is 0 Å². The third-order valence-corrected chi connectivity index (χ3v) is 5.26. The van der Waals surface area contributed by atoms with Gasteiger partial charge in [0, 0.05) is 12.0 Å². The predicted molar refractivity (Wildman–Crippen MR) is 71.6 cm³/mol. The lowest BCUT2D eigenvalue weighted by Crippen LogP contribution is -2.53. The molecule has 100 valence electrons. The summed E-state index contributed by atoms with van der Waals surface area (Å²) in [5, 5.41) is 10.0. The summed E-state index contributed by atoms with van der Waals surface area (Å²) < 4.78 is 0. The van der Waals surface area contributed by atoms with Crippen LogP contribution in [0.1, 0.15) is 49.3 Å². The molecule has 1 saturated carbocycles. The first-order chi connectivity index (χ1) is 9.21. The van der Waals surface area contributed by atoms with Crippen molar-refractivity contribution in [1.82, 2.24) is 4.90 Å². The lowest BCUT2D eigenvalue weighted by molar-refractivity contribution is -0.142. The average Bonchev–Trinajstić information content (AvgIpc) is 2.97. The normalized spacial score (nSPS) is 31.6. The van der Waals surface area contributed by atoms with Gasteiger partial charge in [-0.1, -0.05) is 37.1 Å². The zero-order chi connectivity index (χ0) is 13.0. The molecule has 19 heavy (non-hydrogen) atoms. The molecule has 1 N–H and O–H groups in total. The number of rotatable bonds is 0. The maximum atomic E-state index is 12.4. The van der Waals surface area contributed by atoms with Gasteiger partial charge < -0.3 is 10.0 Å². The quantitative estimate of drug-likeness (QED) is 0.774. The van der Waals surface area contributed by atoms with Crippen molar-refractivity contribution in [2.75, 3.05) is 0 Å². The van der Waals surface area contributed by atoms with E-state index in [2.05, 4.69) is 18.2 Å². The van der Waals surface area contributed by atoms with Crippen molar-refractivity contribution in [2.45, 2.75) is 56.2 Å². The minimum Gasteiger partial charge on any atom is -0.383 e. The fourth-order valence-electron chi connectivity index (χ4n) is 4.47. The Morgan fingerprint density at radius 3 is 2.74 bits per heavy atom. The number of aliphatic hydroxyl groups excluding tert-OH is 1. The van der Waals surface area contributed by atoms with Crippen LogP contribution in [0, 0.1) is 0 Å². The molecule has 0 unspecified atom stereocenters. The number of benzene rings is 1. The molecule has 1 aromatic carbocycles. The zero-order valence-electron chi connectivity index (χ0n) is 11.0. The second-order valence-electron chi connectivity index (χ2n) is 6.28. The third-order valence-electron chi connectivity index (χ3n) is 5.26. The zero-order valence-corrected chi connectivity index (χ0v) is 11.0. The fraction of sp³-hybridized carbons (Fsp3) is 0.562. The Morgan fingerprint density at radius 2 is 1.95 bits per heavy atom. The minimum absolute atomic E-state index is 0.00637. The molecule has 3 nitrogen and oxygen atoms in total. The van der Waals surface area contributed by atoms with Crippen molar-refractivity contribution in [2.24, 2.45) is 0 Å². The van der Waals surface area contributed by atoms with E-state index in [1.54, 1.807) is 0 Å². The minimum atomic E-state index is -0.798. The van der Waals surface area contributed by atoms with Crippen LogP contribution >= 0.6 is 0 Å². The van der Waals surface area contributed by atoms with Crippen LogP contribution in [0.15, 0.2) is 24.3 Å². The first kappa shape index (κ1) is 11.5. The molecule has 1 aromatic rings. The largest absolute Gasteiger partial charge is 0.383 e. The van der Waals surface area contributed by atoms with Crippen LogP contribution in [0.5, 0.6) is 0 Å². The molecule has 2 atom stereocenters. The second kappa shape index (κ2) is 3.83. The van der Waals surface area contributed by atoms with Crippen LogP contribution in [-0.2, 0) is 11.2 Å². The van der Waals surface area contributed by atoms with Crippen LogP contribution < -0.4 is 0 Å². The van der Waals surface area contributed by atoms with Crippen LogP contribution in [-0.4, -0.2) is 27.6 Å². The molecule has 2 heterocycles. The molecule has 0 aromatic heterocycles. The predicted octanol–water partition coefficient (Wildman–Crippen LogP) is 2.19. The number of carbonyl (C=O) groups excluding carboxylic acids is 1. The highest BCUT2D eigenvalue weighted by Gasteiger charge is 2.54. The Morgan fingerprint density at radius 1 is 1.21 bits per heavy atom. The summed E-state index contributed by atoms with van der Waals surface area (Å²) >= 11 is 0. The van der Waals surface area contributed by atoms with E-state index in [1.807, 2.05) is 11.0 Å². The van der Waals surface area contributed by atoms with Gasteiger partial charge in [-0.2, -0.15) is 0 Å². The van der Waals surface area contributed by atoms with Crippen LogP contribution in [0.25, 0.3) is 0 Å². The maximum absolute atomic E-state index is 12.4. The molecule has 4 rings (SSSR count). The van der Waals surface area contributed by atoms with Gasteiger partial charge in [-0.15, -0.1) is 0 Å². The molecule has 3 aliphatic rings. The van der Waals surface area contributed by atoms with Gasteiger partial charge in [0.1, 0.15) is 6.10 Å². The van der Waals surface area contributed by atoms with Crippen LogP contribution in [0.3, 0.4) is 0 Å². The Kier molecular flexibility index (Phi) is 2.31. The fourth-order valence-corrected chi connectivity index (χ4v) is 4.47. The highest BCUT2D eigenvalue weighted by atomic mass is 16.3. The molecule has 2 aliphatic heterocycles. The van der Waals surface area contributed by atoms with E-state index in [0.717, 1.165) is 19.3 Å². The summed E-state index contributed by atoms with van der Waals surface area (Å²) in [4.78, 5) is 14.4. The van der Waals surface area contributed by atoms with Crippen molar-refractivity contribution >= 4 is 5.91 Å². The molecule has 1 amide bonds. The molecule has 1 saturated heterocycles. The summed E-state index contributed by atoms with van der Waals surface area (Å²) in [7, 11) is 0. The third kappa shape index (κ3) is 1.45. The Balaban J connectivity index is 1.87. The molecule has 1 spiro atoms. The van der Waals surface area contributed by atoms with E-state index >= 15 is 0 Å². The SMILES string of the molecule is O=C1[C@@H](O)C[C@H]2c3ccccc3CC3(CCCC3)N12. The summed E-state index contributed by atoms with van der Waals surface area (Å²) in [5.74, 6) is -0.0404. The molecular weight excluding hydrogens is 238 g/mol. The van der Waals surface area contributed by atoms with Crippen molar-refractivity contribution < 1.29 is 9.90 Å². The first-order valence-electron chi connectivity index (χ1n) is 7.30. The van der Waals surface area contributed by atoms with Crippen molar-refractivity contribution in [1.29, 1.82) is 0 Å². The van der Waals surface area contributed by atoms with Crippen LogP contribution in [0.2, 0.25) is 0 Å². The highest BCUT2D eigenvalue weighted by Crippen LogP contribution is 2.51. The van der Waals surface area contributed by atoms with Gasteiger partial charge in [-0.25, -0.2) is 0 Å². The molecular formula is C16H19NO2. The number of amides is 1. The number of carbonyl (C=O) groups is 1. The van der Waals surface area contributed by atoms with Gasteiger partial charge in [0.2, 0.25) is 0 Å². The summed E-state index contributed by atoms with van der Waals surface area (Å²) in [6, 6.07) is 8.55. The second-order valence-corrected chi connectivity index (χ2v) is 6.28. The van der Waals surface area contributed by atoms with E-state index in [4.69, 9.17) is 0 Å². The van der Waals surface area contributed by atoms with Gasteiger partial charge in [-0.3, -0.25) is 4.79 Å². The Bertz CT molecular complexity index is 533. The van der Waals surface area contributed by atoms with Gasteiger partial charge >= 0.3 is 0 Å². The molecule has 3 heteroatoms. The smallest absolute Gasteiger partial charge is 0.252 e. The van der Waals surface area contributed by atoms with Gasteiger partial charge in [0.05, 0.1) is 6.04 Å². The maximum Gasteiger partial charge on any atom is 0.252 e. The molecule has 1 aliphatic carbocycles. The Labute approximate surface area is 113 Å². The van der Waals surface area contributed by atoms with E-state index in [-0.39, 0.29) is 17.5 Å². The van der Waals surface area contributed by atoms with E-state index < -0.39 is 6.10 Å². The number of hydrogen-bond acceptors (Lipinski definition) is 2. The standard InChI is InChI=1S/C16H19NO2/c18-14-9-13-12-6-2-1-5-11(12)10-16(7-3-4-8-16)17(13)15(14)19/h1-2,5-6,13-14,18H,3-4,7-10H2/t13-,14-/m0/s1. The summed E-state index contributed by atoms with van der Waals surface area (Å²) in [6.45, 7) is 0. The number of hydrogen-bond donors (Lipinski definition) is 1. The molecule has 2 fully saturated rings. The lowest BCUT2D eigenvalue weighted by atomic mass is 9.79. The van der Waals surface area contributed by atoms with Crippen molar-refractivity contribution in [3.05, 3.63) is 35.4 Å². The lowest BCUT2D eigenvalue weighted by Gasteiger charge is -2.47. The molecule has 0 bridgehead atoms. The van der Waals surface area contributed by atoms with Gasteiger partial charge in [0.15, 0.2) is 0 Å². The van der Waals surface area contributed by atoms with Gasteiger partial charge in [0.25, 0.3) is 5.91 Å². The first-order valence-corrected chi connectivity index (χ1v) is 7.30. The summed E-state index contributed by atoms with van der Waals surface area (Å²) in [6.07, 6.45) is 5.33. The van der Waals surface area contributed by atoms with E-state index in [9.17, 15) is 9.90 Å². The number of fused-ring (bicyclic) bond motifs is 4. The number of nitrogens with zero attached hydrogens (tertiary/aromatic N) is 1. The van der Waals surface area contributed by atoms with Crippen molar-refractivity contribution in [3.8, 4) is 0 Å². The summed E-state index contributed by atoms with van der Waals surface area (Å²) in [5.41, 5.74) is 2.63. The molecule has 0 radical (unpaired) electrons. The topological polar surface area (TPSA) is 40.5 Å². The van der Waals surface area contributed by atoms with E-state index in [1.165, 1.54) is 24.0 Å². The van der Waals surface area contributed by atoms with E-state index in [0.29, 0.717) is 6.42 Å². The van der Waals surface area contributed by atoms with Gasteiger partial charge in [-0.05, 0) is 30.4 Å².